The van der Waals surface area contributed by atoms with Crippen molar-refractivity contribution >= 4 is 33.3 Å². The molecule has 0 unspecified atom stereocenters. The molecule has 0 atom stereocenters. The van der Waals surface area contributed by atoms with Crippen LogP contribution in [0.5, 0.6) is 0 Å². The molecule has 4 rings (SSSR count). The molecule has 0 heterocycles. The predicted octanol–water partition coefficient (Wildman–Crippen LogP) is 7.56. The fraction of sp³-hybridized carbons (Fsp3) is 0.308. The molecule has 4 aliphatic carbocycles. The topological polar surface area (TPSA) is 0 Å². The first-order valence-corrected chi connectivity index (χ1v) is 14.3. The minimum atomic E-state index is 0. The first-order chi connectivity index (χ1) is 13.6. The van der Waals surface area contributed by atoms with Crippen LogP contribution in [0.2, 0.25) is 0 Å². The van der Waals surface area contributed by atoms with Crippen LogP contribution in [0.3, 0.4) is 0 Å². The Morgan fingerprint density at radius 2 is 0.667 bits per heavy atom. The van der Waals surface area contributed by atoms with Gasteiger partial charge in [-0.15, -0.1) is 50.5 Å². The summed E-state index contributed by atoms with van der Waals surface area (Å²) in [5.74, 6) is 0. The van der Waals surface area contributed by atoms with Gasteiger partial charge >= 0.3 is 56.3 Å². The number of allylic oxidation sites excluding steroid dienone is 16. The molecule has 0 saturated heterocycles. The average molecular weight is 774 g/mol. The number of hydrogen-bond acceptors (Lipinski definition) is 0. The fourth-order valence-corrected chi connectivity index (χ4v) is 2.06. The molecule has 4 heteroatoms. The zero-order valence-corrected chi connectivity index (χ0v) is 27.5. The summed E-state index contributed by atoms with van der Waals surface area (Å²) in [6.45, 7) is 8.24. The zero-order chi connectivity index (χ0) is 21.6. The summed E-state index contributed by atoms with van der Waals surface area (Å²) in [7, 11) is 0. The molecule has 30 heavy (non-hydrogen) atoms. The molecule has 0 aliphatic heterocycles. The molecular weight excluding hydrogens is 740 g/mol. The Labute approximate surface area is 227 Å². The standard InChI is InChI=1S/4C6H7.2CH2.2ClH.2Hf/c4*1-6-4-2-3-5-6;;;;;;/h4*2,4H,3H2,1H3;2*1H2;2*1H;;/q4*-1;;;;;2*+2. The fourth-order valence-electron chi connectivity index (χ4n) is 2.06. The summed E-state index contributed by atoms with van der Waals surface area (Å²) in [5, 5.41) is 0. The first kappa shape index (κ1) is 37.3. The second-order valence-corrected chi connectivity index (χ2v) is 5.87. The van der Waals surface area contributed by atoms with E-state index >= 15 is 0 Å². The molecule has 0 bridgehead atoms. The van der Waals surface area contributed by atoms with Crippen LogP contribution < -0.4 is 0 Å². The van der Waals surface area contributed by atoms with E-state index < -0.39 is 0 Å². The van der Waals surface area contributed by atoms with Crippen LogP contribution in [0.4, 0.5) is 0 Å². The van der Waals surface area contributed by atoms with Crippen molar-refractivity contribution in [3.05, 3.63) is 95.2 Å². The summed E-state index contributed by atoms with van der Waals surface area (Å²) in [5.41, 5.74) is 5.09. The Morgan fingerprint density at radius 1 is 0.500 bits per heavy atom. The Kier molecular flexibility index (Phi) is 36.0. The van der Waals surface area contributed by atoms with Crippen molar-refractivity contribution in [1.29, 1.82) is 0 Å². The molecule has 0 spiro atoms. The van der Waals surface area contributed by atoms with Crippen molar-refractivity contribution in [3.63, 3.8) is 0 Å². The Morgan fingerprint density at radius 3 is 0.700 bits per heavy atom. The molecule has 0 radical (unpaired) electrons. The van der Waals surface area contributed by atoms with Gasteiger partial charge in [-0.3, -0.25) is 24.3 Å². The van der Waals surface area contributed by atoms with E-state index in [4.69, 9.17) is 0 Å². The Balaban J connectivity index is -0.000000139. The van der Waals surface area contributed by atoms with Crippen LogP contribution in [0.25, 0.3) is 0 Å². The zero-order valence-electron chi connectivity index (χ0n) is 18.7. The first-order valence-electron chi connectivity index (χ1n) is 9.24. The number of hydrogen-bond donors (Lipinski definition) is 0. The van der Waals surface area contributed by atoms with Crippen molar-refractivity contribution in [3.8, 4) is 0 Å². The molecule has 0 aromatic rings. The van der Waals surface area contributed by atoms with E-state index in [1.165, 1.54) is 22.3 Å². The monoisotopic (exact) mass is 776 g/mol. The van der Waals surface area contributed by atoms with Crippen LogP contribution in [-0.4, -0.2) is 8.52 Å². The molecule has 160 valence electrons. The molecule has 0 saturated carbocycles. The van der Waals surface area contributed by atoms with Crippen molar-refractivity contribution in [2.75, 3.05) is 0 Å². The van der Waals surface area contributed by atoms with E-state index in [1.807, 2.05) is 0 Å². The summed E-state index contributed by atoms with van der Waals surface area (Å²) < 4.78 is 6.78. The molecule has 0 nitrogen and oxygen atoms in total. The van der Waals surface area contributed by atoms with Crippen molar-refractivity contribution in [2.45, 2.75) is 53.4 Å². The van der Waals surface area contributed by atoms with Gasteiger partial charge in [-0.25, -0.2) is 46.6 Å². The van der Waals surface area contributed by atoms with Crippen LogP contribution in [0.1, 0.15) is 53.4 Å². The van der Waals surface area contributed by atoms with Gasteiger partial charge in [0.05, 0.1) is 0 Å². The summed E-state index contributed by atoms with van der Waals surface area (Å²) in [6.07, 6.45) is 33.3. The van der Waals surface area contributed by atoms with Gasteiger partial charge in [-0.05, 0) is 0 Å². The van der Waals surface area contributed by atoms with Gasteiger partial charge in [0.25, 0.3) is 0 Å². The van der Waals surface area contributed by atoms with Crippen LogP contribution >= 0.6 is 24.8 Å². The second-order valence-electron chi connectivity index (χ2n) is 5.87. The second kappa shape index (κ2) is 29.0. The van der Waals surface area contributed by atoms with Gasteiger partial charge in [0.15, 0.2) is 0 Å². The average Bonchev–Trinajstić information content (AvgIpc) is 3.51. The van der Waals surface area contributed by atoms with E-state index in [-0.39, 0.29) is 24.8 Å². The van der Waals surface area contributed by atoms with Gasteiger partial charge in [0.1, 0.15) is 0 Å². The minimum absolute atomic E-state index is 0. The van der Waals surface area contributed by atoms with E-state index in [0.717, 1.165) is 73.5 Å². The molecule has 0 N–H and O–H groups in total. The normalized spacial score (nSPS) is 15.2. The molecule has 0 aromatic carbocycles. The summed E-state index contributed by atoms with van der Waals surface area (Å²) >= 11 is 2.11. The Hall–Kier alpha value is -0.0197. The molecule has 0 fully saturated rings. The van der Waals surface area contributed by atoms with Crippen LogP contribution in [-0.2, 0) is 47.8 Å². The van der Waals surface area contributed by atoms with E-state index in [1.54, 1.807) is 0 Å². The van der Waals surface area contributed by atoms with Gasteiger partial charge in [0, 0.05) is 0 Å². The molecule has 0 aromatic heterocycles. The quantitative estimate of drug-likeness (QED) is 0.176. The van der Waals surface area contributed by atoms with E-state index in [0.29, 0.717) is 0 Å². The number of rotatable bonds is 0. The van der Waals surface area contributed by atoms with Crippen molar-refractivity contribution in [2.24, 2.45) is 0 Å². The van der Waals surface area contributed by atoms with Gasteiger partial charge in [-0.2, -0.15) is 24.3 Å². The van der Waals surface area contributed by atoms with Crippen molar-refractivity contribution < 1.29 is 47.8 Å². The van der Waals surface area contributed by atoms with Crippen molar-refractivity contribution in [1.82, 2.24) is 0 Å². The third-order valence-corrected chi connectivity index (χ3v) is 3.47. The summed E-state index contributed by atoms with van der Waals surface area (Å²) in [6, 6.07) is 0. The maximum atomic E-state index is 3.39. The van der Waals surface area contributed by atoms with Gasteiger partial charge in [0.2, 0.25) is 0 Å². The van der Waals surface area contributed by atoms with E-state index in [2.05, 4.69) is 109 Å². The van der Waals surface area contributed by atoms with Gasteiger partial charge in [-0.1, -0.05) is 27.7 Å². The third-order valence-electron chi connectivity index (χ3n) is 3.47. The Bertz CT molecular complexity index is 536. The van der Waals surface area contributed by atoms with E-state index in [9.17, 15) is 0 Å². The SMILES string of the molecule is CC1=[C-]CC=C1.CC1=[C-]CC=C1.CC1=[C-]CC=C1.CC1=[C-]CC=C1.Cl.Cl.[CH2]=[Hf+2].[CH2]=[Hf+2]. The van der Waals surface area contributed by atoms with Crippen LogP contribution in [0.15, 0.2) is 70.9 Å². The maximum absolute atomic E-state index is 3.39. The molecule has 0 amide bonds. The third kappa shape index (κ3) is 26.0. The van der Waals surface area contributed by atoms with Crippen LogP contribution in [0, 0.1) is 24.3 Å². The van der Waals surface area contributed by atoms with Gasteiger partial charge < -0.3 is 0 Å². The molecular formula is C26H34Cl2Hf2. The predicted molar refractivity (Wildman–Crippen MR) is 133 cm³/mol. The summed E-state index contributed by atoms with van der Waals surface area (Å²) in [4.78, 5) is 0. The molecule has 4 aliphatic rings. The number of halogens is 2.